The molecule has 5 nitrogen and oxygen atoms in total. The van der Waals surface area contributed by atoms with E-state index in [9.17, 15) is 16.8 Å². The minimum absolute atomic E-state index is 0. The summed E-state index contributed by atoms with van der Waals surface area (Å²) in [7, 11) is -8.23. The maximum absolute atomic E-state index is 12.2. The molecule has 1 N–H and O–H groups in total. The van der Waals surface area contributed by atoms with E-state index in [4.69, 9.17) is 4.55 Å². The fourth-order valence-electron chi connectivity index (χ4n) is 1.54. The summed E-state index contributed by atoms with van der Waals surface area (Å²) in [6.45, 7) is 0. The summed E-state index contributed by atoms with van der Waals surface area (Å²) in [5, 5.41) is 0. The van der Waals surface area contributed by atoms with Crippen LogP contribution >= 0.6 is 0 Å². The van der Waals surface area contributed by atoms with E-state index >= 15 is 0 Å². The zero-order chi connectivity index (χ0) is 14.1. The molecule has 0 aliphatic carbocycles. The zero-order valence-electron chi connectivity index (χ0n) is 9.59. The first-order chi connectivity index (χ1) is 8.82. The van der Waals surface area contributed by atoms with Gasteiger partial charge in [-0.1, -0.05) is 24.3 Å². The second kappa shape index (κ2) is 8.36. The van der Waals surface area contributed by atoms with Crippen molar-refractivity contribution in [1.29, 1.82) is 0 Å². The van der Waals surface area contributed by atoms with E-state index in [0.29, 0.717) is 0 Å². The van der Waals surface area contributed by atoms with Gasteiger partial charge in [-0.2, -0.15) is 8.42 Å². The van der Waals surface area contributed by atoms with Crippen LogP contribution in [0.5, 0.6) is 0 Å². The van der Waals surface area contributed by atoms with Gasteiger partial charge in [0.1, 0.15) is 0 Å². The molecule has 21 heavy (non-hydrogen) atoms. The van der Waals surface area contributed by atoms with Crippen molar-refractivity contribution < 1.29 is 21.4 Å². The molecule has 108 valence electrons. The Kier molecular flexibility index (Phi) is 8.54. The first-order valence-corrected chi connectivity index (χ1v) is 8.12. The maximum atomic E-state index is 12.2. The molecule has 0 saturated carbocycles. The zero-order valence-corrected chi connectivity index (χ0v) is 11.2. The average Bonchev–Trinajstić information content (AvgIpc) is 2.39. The average molecular weight is 368 g/mol. The molecule has 0 amide bonds. The van der Waals surface area contributed by atoms with Gasteiger partial charge in [0.2, 0.25) is 9.84 Å². The van der Waals surface area contributed by atoms with Crippen LogP contribution in [0, 0.1) is 0 Å². The predicted molar refractivity (Wildman–Crippen MR) is 85.2 cm³/mol. The quantitative estimate of drug-likeness (QED) is 0.605. The van der Waals surface area contributed by atoms with Crippen LogP contribution in [0.15, 0.2) is 69.3 Å². The molecule has 2 aromatic carbocycles. The number of benzene rings is 2. The molecule has 0 aliphatic rings. The molecular weight excluding hydrogens is 354 g/mol. The van der Waals surface area contributed by atoms with Crippen molar-refractivity contribution >= 4 is 88.7 Å². The number of hydrogen-bond donors (Lipinski definition) is 1. The van der Waals surface area contributed by atoms with Gasteiger partial charge in [0.05, 0.1) is 14.7 Å². The fraction of sp³-hybridized carbons (Fsp3) is 0. The van der Waals surface area contributed by atoms with Crippen LogP contribution in [0.3, 0.4) is 0 Å². The Hall–Kier alpha value is 0.469. The second-order valence-corrected chi connectivity index (χ2v) is 7.14. The van der Waals surface area contributed by atoms with Crippen LogP contribution in [0.2, 0.25) is 0 Å². The van der Waals surface area contributed by atoms with Crippen molar-refractivity contribution in [2.45, 2.75) is 14.7 Å². The Morgan fingerprint density at radius 1 is 0.714 bits per heavy atom. The third kappa shape index (κ3) is 5.25. The first kappa shape index (κ1) is 21.5. The molecular formula is C12H14AlKO5S2. The third-order valence-corrected chi connectivity index (χ3v) is 5.08. The predicted octanol–water partition coefficient (Wildman–Crippen LogP) is -0.0663. The molecule has 0 heterocycles. The van der Waals surface area contributed by atoms with Crippen molar-refractivity contribution in [2.24, 2.45) is 0 Å². The molecule has 2 rings (SSSR count). The summed E-state index contributed by atoms with van der Waals surface area (Å²) in [6.07, 6.45) is 0. The van der Waals surface area contributed by atoms with Crippen LogP contribution < -0.4 is 0 Å². The van der Waals surface area contributed by atoms with Gasteiger partial charge < -0.3 is 0 Å². The van der Waals surface area contributed by atoms with Crippen molar-refractivity contribution in [1.82, 2.24) is 0 Å². The Balaban J connectivity index is 0.00000200. The summed E-state index contributed by atoms with van der Waals surface area (Å²) >= 11 is 0. The van der Waals surface area contributed by atoms with E-state index in [-0.39, 0.29) is 78.5 Å². The van der Waals surface area contributed by atoms with Gasteiger partial charge in [0, 0.05) is 0 Å². The van der Waals surface area contributed by atoms with Gasteiger partial charge in [-0.25, -0.2) is 8.42 Å². The van der Waals surface area contributed by atoms with Gasteiger partial charge in [0.25, 0.3) is 10.1 Å². The molecule has 0 spiro atoms. The fourth-order valence-corrected chi connectivity index (χ4v) is 3.47. The van der Waals surface area contributed by atoms with Crippen molar-refractivity contribution in [3.63, 3.8) is 0 Å². The third-order valence-electron chi connectivity index (χ3n) is 2.47. The molecule has 0 aromatic heterocycles. The van der Waals surface area contributed by atoms with Crippen molar-refractivity contribution in [3.8, 4) is 0 Å². The normalized spacial score (nSPS) is 11.1. The summed E-state index contributed by atoms with van der Waals surface area (Å²) in [4.78, 5) is -0.583. The van der Waals surface area contributed by atoms with E-state index in [1.54, 1.807) is 18.2 Å². The van der Waals surface area contributed by atoms with Crippen LogP contribution in [0.1, 0.15) is 0 Å². The Morgan fingerprint density at radius 2 is 1.19 bits per heavy atom. The molecule has 0 aliphatic heterocycles. The van der Waals surface area contributed by atoms with Gasteiger partial charge in [-0.15, -0.1) is 0 Å². The molecule has 0 atom stereocenters. The summed E-state index contributed by atoms with van der Waals surface area (Å²) < 4.78 is 55.4. The molecule has 9 heteroatoms. The van der Waals surface area contributed by atoms with E-state index in [0.717, 1.165) is 12.1 Å². The summed E-state index contributed by atoms with van der Waals surface area (Å²) in [5.74, 6) is 0. The van der Waals surface area contributed by atoms with Gasteiger partial charge >= 0.3 is 51.4 Å². The first-order valence-electron chi connectivity index (χ1n) is 5.19. The molecule has 2 aromatic rings. The Labute approximate surface area is 177 Å². The SMILES string of the molecule is O=S(=O)(O)c1cccc(S(=O)(=O)c2ccccc2)c1.[AlH3].[KH]. The van der Waals surface area contributed by atoms with Crippen LogP contribution in [-0.2, 0) is 20.0 Å². The van der Waals surface area contributed by atoms with Gasteiger partial charge in [0.15, 0.2) is 17.4 Å². The standard InChI is InChI=1S/C12H10O5S2.Al.K.4H/c13-18(14,10-5-2-1-3-6-10)11-7-4-8-12(9-11)19(15,16)17;;;;;;/h1-9H,(H,15,16,17);;;;;;. The van der Waals surface area contributed by atoms with Crippen LogP contribution in [0.25, 0.3) is 0 Å². The van der Waals surface area contributed by atoms with Gasteiger partial charge in [-0.05, 0) is 30.3 Å². The van der Waals surface area contributed by atoms with Crippen LogP contribution in [-0.4, -0.2) is 90.1 Å². The molecule has 0 radical (unpaired) electrons. The van der Waals surface area contributed by atoms with E-state index < -0.39 is 24.9 Å². The van der Waals surface area contributed by atoms with Crippen LogP contribution in [0.4, 0.5) is 0 Å². The monoisotopic (exact) mass is 368 g/mol. The summed E-state index contributed by atoms with van der Waals surface area (Å²) in [5.41, 5.74) is 0. The topological polar surface area (TPSA) is 88.5 Å². The Bertz CT molecular complexity index is 805. The minimum atomic E-state index is -4.43. The molecule has 0 bridgehead atoms. The van der Waals surface area contributed by atoms with E-state index in [1.165, 1.54) is 24.3 Å². The number of sulfone groups is 1. The van der Waals surface area contributed by atoms with Crippen molar-refractivity contribution in [2.75, 3.05) is 0 Å². The molecule has 0 saturated heterocycles. The number of hydrogen-bond acceptors (Lipinski definition) is 4. The Morgan fingerprint density at radius 3 is 1.71 bits per heavy atom. The molecule has 0 fully saturated rings. The number of rotatable bonds is 3. The van der Waals surface area contributed by atoms with E-state index in [1.807, 2.05) is 0 Å². The van der Waals surface area contributed by atoms with Gasteiger partial charge in [-0.3, -0.25) is 4.55 Å². The summed E-state index contributed by atoms with van der Waals surface area (Å²) in [6, 6.07) is 12.2. The van der Waals surface area contributed by atoms with E-state index in [2.05, 4.69) is 0 Å². The second-order valence-electron chi connectivity index (χ2n) is 3.77. The van der Waals surface area contributed by atoms with Crippen molar-refractivity contribution in [3.05, 3.63) is 54.6 Å². The molecule has 0 unspecified atom stereocenters.